The van der Waals surface area contributed by atoms with Gasteiger partial charge in [0.2, 0.25) is 0 Å². The largest absolute Gasteiger partial charge is 0.493 e. The molecule has 268 valence electrons. The number of anilines is 1. The second kappa shape index (κ2) is 19.7. The Labute approximate surface area is 303 Å². The lowest BCUT2D eigenvalue weighted by molar-refractivity contribution is 0.0950. The van der Waals surface area contributed by atoms with E-state index in [-0.39, 0.29) is 23.4 Å². The lowest BCUT2D eigenvalue weighted by Gasteiger charge is -2.39. The monoisotopic (exact) mass is 818 g/mol. The molecule has 49 heavy (non-hydrogen) atoms. The van der Waals surface area contributed by atoms with Crippen LogP contribution in [-0.2, 0) is 13.1 Å². The maximum absolute atomic E-state index is 15.2. The second-order valence-corrected chi connectivity index (χ2v) is 14.9. The Bertz CT molecular complexity index is 1500. The van der Waals surface area contributed by atoms with Gasteiger partial charge in [-0.3, -0.25) is 4.79 Å². The number of nitrogens with zero attached hydrogens (tertiary/aromatic N) is 1. The number of rotatable bonds is 19. The number of nitrogens with one attached hydrogen (secondary N) is 1. The third-order valence-corrected chi connectivity index (χ3v) is 10.6. The van der Waals surface area contributed by atoms with Gasteiger partial charge in [-0.05, 0) is 42.4 Å². The molecule has 0 aromatic heterocycles. The van der Waals surface area contributed by atoms with Crippen LogP contribution in [0.5, 0.6) is 5.75 Å². The van der Waals surface area contributed by atoms with Crippen molar-refractivity contribution in [1.82, 2.24) is 5.32 Å². The number of unbranched alkanes of at least 4 members (excludes halogenated alkanes) is 10. The summed E-state index contributed by atoms with van der Waals surface area (Å²) in [5.41, 5.74) is -0.0700. The minimum absolute atomic E-state index is 0.112. The van der Waals surface area contributed by atoms with Crippen molar-refractivity contribution in [2.24, 2.45) is 0 Å². The number of aliphatic hydroxyl groups is 1. The molecule has 0 fully saturated rings. The summed E-state index contributed by atoms with van der Waals surface area (Å²) in [6, 6.07) is 7.93. The van der Waals surface area contributed by atoms with Gasteiger partial charge in [-0.1, -0.05) is 80.4 Å². The molecule has 3 aromatic carbocycles. The first-order chi connectivity index (χ1) is 23.6. The quantitative estimate of drug-likeness (QED) is 0.0546. The molecule has 1 heterocycles. The van der Waals surface area contributed by atoms with Crippen molar-refractivity contribution in [2.45, 2.75) is 107 Å². The summed E-state index contributed by atoms with van der Waals surface area (Å²) in [5.74, 6) is -5.40. The third-order valence-electron chi connectivity index (χ3n) is 8.60. The molecular weight excluding hydrogens is 774 g/mol. The van der Waals surface area contributed by atoms with Crippen molar-refractivity contribution in [3.05, 3.63) is 88.2 Å². The van der Waals surface area contributed by atoms with Gasteiger partial charge in [0.15, 0.2) is 0 Å². The van der Waals surface area contributed by atoms with Crippen molar-refractivity contribution >= 4 is 45.9 Å². The molecule has 12 heteroatoms. The lowest BCUT2D eigenvalue weighted by atomic mass is 10.1. The average Bonchev–Trinajstić information content (AvgIpc) is 3.05. The van der Waals surface area contributed by atoms with Crippen molar-refractivity contribution in [2.75, 3.05) is 15.9 Å². The van der Waals surface area contributed by atoms with E-state index < -0.39 is 58.6 Å². The fourth-order valence-electron chi connectivity index (χ4n) is 5.80. The van der Waals surface area contributed by atoms with Gasteiger partial charge in [0, 0.05) is 52.4 Å². The van der Waals surface area contributed by atoms with Gasteiger partial charge in [0.05, 0.1) is 24.1 Å². The first-order valence-corrected chi connectivity index (χ1v) is 19.3. The molecule has 0 saturated carbocycles. The fourth-order valence-corrected chi connectivity index (χ4v) is 7.51. The van der Waals surface area contributed by atoms with E-state index >= 15 is 8.78 Å². The number of halogens is 6. The Morgan fingerprint density at radius 3 is 1.96 bits per heavy atom. The number of carbonyl (C=O) groups excluding carboxylic acids is 1. The SMILES string of the molecule is CC1Sc2cc(C(=O)NCc3c(F)cc(F)cc3F)ccc2N(Cc2c(F)cc(OCCCCCCCCCCCCCI)cc2F)C1O. The first-order valence-electron chi connectivity index (χ1n) is 16.9. The zero-order valence-electron chi connectivity index (χ0n) is 27.7. The second-order valence-electron chi connectivity index (χ2n) is 12.4. The molecule has 3 aromatic rings. The minimum Gasteiger partial charge on any atom is -0.493 e. The van der Waals surface area contributed by atoms with Crippen LogP contribution in [0.4, 0.5) is 27.6 Å². The highest BCUT2D eigenvalue weighted by molar-refractivity contribution is 14.1. The molecule has 0 radical (unpaired) electrons. The Morgan fingerprint density at radius 1 is 0.816 bits per heavy atom. The van der Waals surface area contributed by atoms with Gasteiger partial charge < -0.3 is 20.1 Å². The van der Waals surface area contributed by atoms with Crippen molar-refractivity contribution < 1.29 is 36.6 Å². The molecule has 2 atom stereocenters. The molecular formula is C37H44F5IN2O3S. The van der Waals surface area contributed by atoms with Gasteiger partial charge in [-0.15, -0.1) is 11.8 Å². The van der Waals surface area contributed by atoms with E-state index in [1.54, 1.807) is 19.1 Å². The van der Waals surface area contributed by atoms with Crippen LogP contribution in [0.1, 0.15) is 99.0 Å². The van der Waals surface area contributed by atoms with Gasteiger partial charge in [0.25, 0.3) is 5.91 Å². The molecule has 0 spiro atoms. The zero-order chi connectivity index (χ0) is 35.3. The van der Waals surface area contributed by atoms with Crippen LogP contribution in [0.15, 0.2) is 47.4 Å². The first kappa shape index (κ1) is 39.2. The van der Waals surface area contributed by atoms with Crippen LogP contribution in [0.25, 0.3) is 0 Å². The van der Waals surface area contributed by atoms with Crippen LogP contribution in [0.3, 0.4) is 0 Å². The van der Waals surface area contributed by atoms with E-state index in [1.165, 1.54) is 78.5 Å². The fraction of sp³-hybridized carbons (Fsp3) is 0.486. The standard InChI is InChI=1S/C37H44F5IN2O3S/c1-24-37(47)45(34-14-13-25(17-35(34)49-24)36(46)44-22-28-30(39)18-26(38)19-31(28)40)23-29-32(41)20-27(21-33(29)42)48-16-12-10-8-6-4-2-3-5-7-9-11-15-43/h13-14,17-21,24,37,47H,2-12,15-16,22-23H2,1H3,(H,44,46). The molecule has 1 amide bonds. The van der Waals surface area contributed by atoms with Gasteiger partial charge >= 0.3 is 0 Å². The van der Waals surface area contributed by atoms with Gasteiger partial charge in [0.1, 0.15) is 41.1 Å². The van der Waals surface area contributed by atoms with Crippen molar-refractivity contribution in [3.8, 4) is 5.75 Å². The number of fused-ring (bicyclic) bond motifs is 1. The summed E-state index contributed by atoms with van der Waals surface area (Å²) in [6.45, 7) is 1.34. The highest BCUT2D eigenvalue weighted by Gasteiger charge is 2.33. The zero-order valence-corrected chi connectivity index (χ0v) is 30.7. The maximum Gasteiger partial charge on any atom is 0.251 e. The van der Waals surface area contributed by atoms with Gasteiger partial charge in [-0.2, -0.15) is 0 Å². The van der Waals surface area contributed by atoms with E-state index in [1.807, 2.05) is 0 Å². The summed E-state index contributed by atoms with van der Waals surface area (Å²) >= 11 is 3.70. The van der Waals surface area contributed by atoms with Crippen LogP contribution >= 0.6 is 34.4 Å². The van der Waals surface area contributed by atoms with Crippen LogP contribution in [0, 0.1) is 29.1 Å². The molecule has 0 aliphatic carbocycles. The predicted octanol–water partition coefficient (Wildman–Crippen LogP) is 10.2. The topological polar surface area (TPSA) is 61.8 Å². The van der Waals surface area contributed by atoms with E-state index in [0.29, 0.717) is 29.3 Å². The molecule has 0 saturated heterocycles. The molecule has 5 nitrogen and oxygen atoms in total. The summed E-state index contributed by atoms with van der Waals surface area (Å²) < 4.78 is 78.6. The number of benzene rings is 3. The molecule has 2 unspecified atom stereocenters. The maximum atomic E-state index is 15.2. The highest BCUT2D eigenvalue weighted by Crippen LogP contribution is 2.42. The highest BCUT2D eigenvalue weighted by atomic mass is 127. The van der Waals surface area contributed by atoms with Crippen LogP contribution in [0.2, 0.25) is 0 Å². The number of ether oxygens (including phenoxy) is 1. The Hall–Kier alpha value is -2.58. The summed E-state index contributed by atoms with van der Waals surface area (Å²) in [5, 5.41) is 13.0. The molecule has 1 aliphatic heterocycles. The van der Waals surface area contributed by atoms with E-state index in [2.05, 4.69) is 27.9 Å². The Morgan fingerprint density at radius 2 is 1.37 bits per heavy atom. The summed E-state index contributed by atoms with van der Waals surface area (Å²) in [4.78, 5) is 14.9. The normalized spacial score (nSPS) is 15.7. The van der Waals surface area contributed by atoms with Crippen molar-refractivity contribution in [1.29, 1.82) is 0 Å². The Balaban J connectivity index is 1.29. The van der Waals surface area contributed by atoms with E-state index in [9.17, 15) is 23.1 Å². The number of alkyl halides is 1. The molecule has 0 bridgehead atoms. The van der Waals surface area contributed by atoms with Gasteiger partial charge in [-0.25, -0.2) is 22.0 Å². The van der Waals surface area contributed by atoms with E-state index in [0.717, 1.165) is 31.4 Å². The molecule has 4 rings (SSSR count). The predicted molar refractivity (Wildman–Crippen MR) is 193 cm³/mol. The molecule has 2 N–H and O–H groups in total. The Kier molecular flexibility index (Phi) is 15.8. The molecule has 1 aliphatic rings. The van der Waals surface area contributed by atoms with Crippen LogP contribution in [-0.4, -0.2) is 33.5 Å². The average molecular weight is 819 g/mol. The van der Waals surface area contributed by atoms with Crippen molar-refractivity contribution in [3.63, 3.8) is 0 Å². The number of aliphatic hydroxyl groups excluding tert-OH is 1. The summed E-state index contributed by atoms with van der Waals surface area (Å²) in [7, 11) is 0. The van der Waals surface area contributed by atoms with Crippen LogP contribution < -0.4 is 15.0 Å². The number of carbonyl (C=O) groups is 1. The number of amides is 1. The third kappa shape index (κ3) is 11.5. The van der Waals surface area contributed by atoms with E-state index in [4.69, 9.17) is 4.74 Å². The summed E-state index contributed by atoms with van der Waals surface area (Å²) in [6.07, 6.45) is 12.1. The number of thioether (sulfide) groups is 1. The number of hydrogen-bond donors (Lipinski definition) is 2. The smallest absolute Gasteiger partial charge is 0.251 e. The number of hydrogen-bond acceptors (Lipinski definition) is 5. The lowest BCUT2D eigenvalue weighted by Crippen LogP contribution is -2.44. The minimum atomic E-state index is -1.12.